The molecule has 3 rings (SSSR count). The number of nitrogens with zero attached hydrogens (tertiary/aromatic N) is 3. The number of hydrogen-bond acceptors (Lipinski definition) is 5. The van der Waals surface area contributed by atoms with Gasteiger partial charge < -0.3 is 14.8 Å². The first kappa shape index (κ1) is 15.3. The fourth-order valence-corrected chi connectivity index (χ4v) is 2.66. The van der Waals surface area contributed by atoms with Gasteiger partial charge in [-0.2, -0.15) is 5.10 Å². The zero-order valence-corrected chi connectivity index (χ0v) is 13.1. The van der Waals surface area contributed by atoms with E-state index in [1.807, 2.05) is 18.2 Å². The van der Waals surface area contributed by atoms with E-state index in [-0.39, 0.29) is 11.8 Å². The van der Waals surface area contributed by atoms with Gasteiger partial charge in [0.2, 0.25) is 5.91 Å². The molecule has 1 amide bonds. The average molecular weight is 316 g/mol. The Balaban J connectivity index is 1.47. The molecule has 23 heavy (non-hydrogen) atoms. The summed E-state index contributed by atoms with van der Waals surface area (Å²) < 4.78 is 12.8. The van der Waals surface area contributed by atoms with E-state index in [9.17, 15) is 4.79 Å². The number of aromatic nitrogens is 3. The normalized spacial score (nSPS) is 16.3. The van der Waals surface area contributed by atoms with Crippen molar-refractivity contribution in [3.8, 4) is 11.5 Å². The molecule has 0 saturated carbocycles. The molecule has 1 N–H and O–H groups in total. The summed E-state index contributed by atoms with van der Waals surface area (Å²) in [4.78, 5) is 15.7. The Labute approximate surface area is 134 Å². The predicted molar refractivity (Wildman–Crippen MR) is 83.3 cm³/mol. The molecule has 1 atom stereocenters. The van der Waals surface area contributed by atoms with Gasteiger partial charge in [0, 0.05) is 18.9 Å². The molecule has 122 valence electrons. The Morgan fingerprint density at radius 1 is 1.52 bits per heavy atom. The van der Waals surface area contributed by atoms with E-state index in [0.717, 1.165) is 23.5 Å². The fourth-order valence-electron chi connectivity index (χ4n) is 2.66. The third kappa shape index (κ3) is 3.80. The maximum absolute atomic E-state index is 11.9. The average Bonchev–Trinajstić information content (AvgIpc) is 3.10. The summed E-state index contributed by atoms with van der Waals surface area (Å²) in [5.41, 5.74) is 1.12. The van der Waals surface area contributed by atoms with Crippen LogP contribution in [-0.2, 0) is 17.8 Å². The molecule has 2 aromatic rings. The topological polar surface area (TPSA) is 78.3 Å². The highest BCUT2D eigenvalue weighted by atomic mass is 16.5. The van der Waals surface area contributed by atoms with Crippen molar-refractivity contribution in [3.05, 3.63) is 36.4 Å². The lowest BCUT2D eigenvalue weighted by Gasteiger charge is -2.26. The number of nitrogens with one attached hydrogen (secondary N) is 1. The Morgan fingerprint density at radius 2 is 2.43 bits per heavy atom. The third-order valence-corrected chi connectivity index (χ3v) is 3.87. The van der Waals surface area contributed by atoms with Gasteiger partial charge in [0.15, 0.2) is 11.5 Å². The molecule has 1 aliphatic heterocycles. The Morgan fingerprint density at radius 3 is 3.22 bits per heavy atom. The number of ether oxygens (including phenoxy) is 2. The molecule has 1 aromatic heterocycles. The van der Waals surface area contributed by atoms with Gasteiger partial charge in [-0.25, -0.2) is 4.98 Å². The molecule has 0 bridgehead atoms. The first-order chi connectivity index (χ1) is 11.3. The van der Waals surface area contributed by atoms with Crippen LogP contribution >= 0.6 is 0 Å². The van der Waals surface area contributed by atoms with Crippen molar-refractivity contribution in [2.75, 3.05) is 20.3 Å². The molecule has 1 unspecified atom stereocenters. The molecule has 1 aliphatic rings. The van der Waals surface area contributed by atoms with Gasteiger partial charge in [-0.1, -0.05) is 12.1 Å². The number of carbonyl (C=O) groups is 1. The van der Waals surface area contributed by atoms with Crippen molar-refractivity contribution in [1.29, 1.82) is 0 Å². The van der Waals surface area contributed by atoms with Crippen molar-refractivity contribution < 1.29 is 14.3 Å². The lowest BCUT2D eigenvalue weighted by molar-refractivity contribution is -0.121. The highest BCUT2D eigenvalue weighted by Gasteiger charge is 2.22. The standard InChI is InChI=1S/C16H20N4O3/c1-22-14-4-2-3-13-7-12(9-23-16(13)14)8-18-15(21)5-6-20-11-17-10-19-20/h2-4,10-12H,5-9H2,1H3,(H,18,21). The second-order valence-corrected chi connectivity index (χ2v) is 5.54. The van der Waals surface area contributed by atoms with E-state index < -0.39 is 0 Å². The maximum Gasteiger partial charge on any atom is 0.221 e. The summed E-state index contributed by atoms with van der Waals surface area (Å²) in [5.74, 6) is 1.86. The van der Waals surface area contributed by atoms with Crippen LogP contribution < -0.4 is 14.8 Å². The first-order valence-corrected chi connectivity index (χ1v) is 7.64. The highest BCUT2D eigenvalue weighted by Crippen LogP contribution is 2.35. The van der Waals surface area contributed by atoms with Gasteiger partial charge >= 0.3 is 0 Å². The number of amides is 1. The fraction of sp³-hybridized carbons (Fsp3) is 0.438. The van der Waals surface area contributed by atoms with Crippen LogP contribution in [0.3, 0.4) is 0 Å². The van der Waals surface area contributed by atoms with Crippen molar-refractivity contribution >= 4 is 5.91 Å². The number of methoxy groups -OCH3 is 1. The summed E-state index contributed by atoms with van der Waals surface area (Å²) in [6, 6.07) is 5.89. The second kappa shape index (κ2) is 7.13. The molecule has 2 heterocycles. The molecule has 7 nitrogen and oxygen atoms in total. The SMILES string of the molecule is COc1cccc2c1OCC(CNC(=O)CCn1cncn1)C2. The first-order valence-electron chi connectivity index (χ1n) is 7.64. The monoisotopic (exact) mass is 316 g/mol. The van der Waals surface area contributed by atoms with Gasteiger partial charge in [0.05, 0.1) is 20.3 Å². The summed E-state index contributed by atoms with van der Waals surface area (Å²) >= 11 is 0. The van der Waals surface area contributed by atoms with Gasteiger partial charge in [-0.3, -0.25) is 9.48 Å². The van der Waals surface area contributed by atoms with Crippen molar-refractivity contribution in [3.63, 3.8) is 0 Å². The molecule has 0 fully saturated rings. The smallest absolute Gasteiger partial charge is 0.221 e. The molecule has 0 aliphatic carbocycles. The molecule has 1 aromatic carbocycles. The zero-order valence-electron chi connectivity index (χ0n) is 13.1. The minimum Gasteiger partial charge on any atom is -0.493 e. The van der Waals surface area contributed by atoms with E-state index in [0.29, 0.717) is 26.1 Å². The zero-order chi connectivity index (χ0) is 16.1. The van der Waals surface area contributed by atoms with Crippen LogP contribution in [0.5, 0.6) is 11.5 Å². The number of benzene rings is 1. The van der Waals surface area contributed by atoms with Crippen LogP contribution in [0, 0.1) is 5.92 Å². The lowest BCUT2D eigenvalue weighted by Crippen LogP contribution is -2.35. The van der Waals surface area contributed by atoms with E-state index >= 15 is 0 Å². The summed E-state index contributed by atoms with van der Waals surface area (Å²) in [6.45, 7) is 1.72. The molecule has 0 spiro atoms. The number of para-hydroxylation sites is 1. The Hall–Kier alpha value is -2.57. The van der Waals surface area contributed by atoms with Gasteiger partial charge in [-0.15, -0.1) is 0 Å². The largest absolute Gasteiger partial charge is 0.493 e. The molecular weight excluding hydrogens is 296 g/mol. The Kier molecular flexibility index (Phi) is 4.75. The molecule has 0 saturated heterocycles. The van der Waals surface area contributed by atoms with E-state index in [2.05, 4.69) is 15.4 Å². The number of aryl methyl sites for hydroxylation is 1. The van der Waals surface area contributed by atoms with Crippen LogP contribution in [0.1, 0.15) is 12.0 Å². The van der Waals surface area contributed by atoms with Gasteiger partial charge in [0.25, 0.3) is 0 Å². The van der Waals surface area contributed by atoms with E-state index in [1.54, 1.807) is 18.1 Å². The minimum absolute atomic E-state index is 0.0111. The highest BCUT2D eigenvalue weighted by molar-refractivity contribution is 5.75. The van der Waals surface area contributed by atoms with Crippen LogP contribution in [0.4, 0.5) is 0 Å². The molecule has 0 radical (unpaired) electrons. The number of carbonyl (C=O) groups excluding carboxylic acids is 1. The van der Waals surface area contributed by atoms with Crippen molar-refractivity contribution in [1.82, 2.24) is 20.1 Å². The second-order valence-electron chi connectivity index (χ2n) is 5.54. The van der Waals surface area contributed by atoms with Crippen LogP contribution in [0.2, 0.25) is 0 Å². The third-order valence-electron chi connectivity index (χ3n) is 3.87. The number of fused-ring (bicyclic) bond motifs is 1. The summed E-state index contributed by atoms with van der Waals surface area (Å²) in [6.07, 6.45) is 4.33. The quantitative estimate of drug-likeness (QED) is 0.861. The lowest BCUT2D eigenvalue weighted by atomic mass is 9.96. The molecule has 7 heteroatoms. The number of rotatable bonds is 6. The summed E-state index contributed by atoms with van der Waals surface area (Å²) in [7, 11) is 1.64. The van der Waals surface area contributed by atoms with Crippen molar-refractivity contribution in [2.24, 2.45) is 5.92 Å². The number of hydrogen-bond donors (Lipinski definition) is 1. The Bertz CT molecular complexity index is 657. The van der Waals surface area contributed by atoms with Crippen LogP contribution in [-0.4, -0.2) is 40.9 Å². The van der Waals surface area contributed by atoms with Crippen LogP contribution in [0.25, 0.3) is 0 Å². The van der Waals surface area contributed by atoms with E-state index in [4.69, 9.17) is 9.47 Å². The predicted octanol–water partition coefficient (Wildman–Crippen LogP) is 1.04. The summed E-state index contributed by atoms with van der Waals surface area (Å²) in [5, 5.41) is 6.94. The van der Waals surface area contributed by atoms with Crippen molar-refractivity contribution in [2.45, 2.75) is 19.4 Å². The molecular formula is C16H20N4O3. The van der Waals surface area contributed by atoms with E-state index in [1.165, 1.54) is 6.33 Å². The van der Waals surface area contributed by atoms with Gasteiger partial charge in [-0.05, 0) is 18.1 Å². The maximum atomic E-state index is 11.9. The minimum atomic E-state index is 0.0111. The van der Waals surface area contributed by atoms with Gasteiger partial charge in [0.1, 0.15) is 12.7 Å². The van der Waals surface area contributed by atoms with Crippen LogP contribution in [0.15, 0.2) is 30.9 Å².